The van der Waals surface area contributed by atoms with Crippen LogP contribution >= 0.6 is 0 Å². The molecule has 0 aromatic heterocycles. The molecule has 1 aliphatic heterocycles. The molecule has 0 bridgehead atoms. The standard InChI is InChI=1S/C4H9IN/c1-3-4(5-3)6-2/h3-4,6H,1-2H3/q-1. The molecule has 1 nitrogen and oxygen atoms in total. The van der Waals surface area contributed by atoms with E-state index in [1.54, 1.807) is 0 Å². The van der Waals surface area contributed by atoms with Gasteiger partial charge in [0.1, 0.15) is 0 Å². The van der Waals surface area contributed by atoms with Crippen LogP contribution in [0.2, 0.25) is 0 Å². The van der Waals surface area contributed by atoms with Crippen LogP contribution in [0.15, 0.2) is 0 Å². The summed E-state index contributed by atoms with van der Waals surface area (Å²) in [6.45, 7) is 2.31. The minimum absolute atomic E-state index is 0.600. The molecule has 0 aromatic rings. The number of hydrogen-bond donors (Lipinski definition) is 1. The van der Waals surface area contributed by atoms with E-state index in [2.05, 4.69) is 12.2 Å². The van der Waals surface area contributed by atoms with E-state index < -0.39 is 0 Å². The number of hydrogen-bond acceptors (Lipinski definition) is 1. The van der Waals surface area contributed by atoms with Crippen molar-refractivity contribution in [1.29, 1.82) is 0 Å². The third-order valence-corrected chi connectivity index (χ3v) is 4.45. The van der Waals surface area contributed by atoms with Crippen LogP contribution in [0.5, 0.6) is 0 Å². The molecule has 2 heteroatoms. The van der Waals surface area contributed by atoms with Gasteiger partial charge >= 0.3 is 48.5 Å². The van der Waals surface area contributed by atoms with Gasteiger partial charge in [-0.15, -0.1) is 0 Å². The van der Waals surface area contributed by atoms with Crippen LogP contribution in [0, 0.1) is 0 Å². The fourth-order valence-electron chi connectivity index (χ4n) is 0.465. The number of rotatable bonds is 1. The molecule has 0 radical (unpaired) electrons. The Morgan fingerprint density at radius 3 is 2.17 bits per heavy atom. The van der Waals surface area contributed by atoms with Gasteiger partial charge in [-0.1, -0.05) is 0 Å². The van der Waals surface area contributed by atoms with Gasteiger partial charge in [0.05, 0.1) is 0 Å². The Hall–Kier alpha value is 0.690. The van der Waals surface area contributed by atoms with Gasteiger partial charge in [-0.05, 0) is 0 Å². The molecule has 1 N–H and O–H groups in total. The number of nitrogens with one attached hydrogen (secondary N) is 1. The molecule has 0 saturated carbocycles. The first-order valence-corrected chi connectivity index (χ1v) is 4.63. The Balaban J connectivity index is 2.09. The number of halogens is 1. The molecule has 0 spiro atoms. The van der Waals surface area contributed by atoms with E-state index in [1.807, 2.05) is 7.05 Å². The molecule has 2 unspecified atom stereocenters. The molecule has 0 aromatic carbocycles. The summed E-state index contributed by atoms with van der Waals surface area (Å²) in [6, 6.07) is 0. The second-order valence-electron chi connectivity index (χ2n) is 1.49. The van der Waals surface area contributed by atoms with E-state index in [9.17, 15) is 0 Å². The van der Waals surface area contributed by atoms with Gasteiger partial charge in [-0.25, -0.2) is 0 Å². The molecule has 1 rings (SSSR count). The molecule has 1 heterocycles. The van der Waals surface area contributed by atoms with E-state index in [0.717, 1.165) is 7.97 Å². The molecule has 1 fully saturated rings. The summed E-state index contributed by atoms with van der Waals surface area (Å²) in [5.41, 5.74) is 0. The van der Waals surface area contributed by atoms with Gasteiger partial charge in [0.15, 0.2) is 0 Å². The zero-order valence-corrected chi connectivity index (χ0v) is 6.19. The van der Waals surface area contributed by atoms with Gasteiger partial charge in [0.25, 0.3) is 0 Å². The zero-order chi connectivity index (χ0) is 4.57. The normalized spacial score (nSPS) is 44.3. The van der Waals surface area contributed by atoms with Crippen LogP contribution in [0.3, 0.4) is 0 Å². The van der Waals surface area contributed by atoms with Crippen LogP contribution in [0.4, 0.5) is 0 Å². The topological polar surface area (TPSA) is 12.0 Å². The van der Waals surface area contributed by atoms with Gasteiger partial charge in [0.2, 0.25) is 0 Å². The van der Waals surface area contributed by atoms with Crippen molar-refractivity contribution in [2.24, 2.45) is 0 Å². The molecule has 1 saturated heterocycles. The van der Waals surface area contributed by atoms with Crippen molar-refractivity contribution in [2.75, 3.05) is 7.05 Å². The first-order chi connectivity index (χ1) is 2.84. The Kier molecular flexibility index (Phi) is 1.34. The summed E-state index contributed by atoms with van der Waals surface area (Å²) in [4.78, 5) is 0. The predicted molar refractivity (Wildman–Crippen MR) is 22.3 cm³/mol. The van der Waals surface area contributed by atoms with Crippen molar-refractivity contribution >= 4 is 0 Å². The summed E-state index contributed by atoms with van der Waals surface area (Å²) < 4.78 is 2.03. The third-order valence-electron chi connectivity index (χ3n) is 0.946. The fraction of sp³-hybridized carbons (Fsp3) is 1.00. The van der Waals surface area contributed by atoms with Gasteiger partial charge < -0.3 is 0 Å². The van der Waals surface area contributed by atoms with E-state index in [4.69, 9.17) is 0 Å². The monoisotopic (exact) mass is 198 g/mol. The molecule has 38 valence electrons. The molecular weight excluding hydrogens is 189 g/mol. The van der Waals surface area contributed by atoms with Gasteiger partial charge in [-0.2, -0.15) is 0 Å². The van der Waals surface area contributed by atoms with Crippen LogP contribution < -0.4 is 26.5 Å². The molecule has 1 aliphatic rings. The van der Waals surface area contributed by atoms with Crippen molar-refractivity contribution in [1.82, 2.24) is 5.32 Å². The first-order valence-electron chi connectivity index (χ1n) is 2.14. The fourth-order valence-corrected chi connectivity index (χ4v) is 2.17. The Morgan fingerprint density at radius 1 is 1.67 bits per heavy atom. The average molecular weight is 198 g/mol. The van der Waals surface area contributed by atoms with Crippen LogP contribution in [-0.2, 0) is 0 Å². The Morgan fingerprint density at radius 2 is 2.17 bits per heavy atom. The Bertz CT molecular complexity index is 53.5. The van der Waals surface area contributed by atoms with Crippen molar-refractivity contribution < 1.29 is 21.2 Å². The van der Waals surface area contributed by atoms with Crippen molar-refractivity contribution in [3.05, 3.63) is 0 Å². The van der Waals surface area contributed by atoms with E-state index >= 15 is 0 Å². The molecule has 0 aliphatic carbocycles. The summed E-state index contributed by atoms with van der Waals surface area (Å²) >= 11 is 0.600. The molecule has 0 amide bonds. The van der Waals surface area contributed by atoms with Crippen molar-refractivity contribution in [3.63, 3.8) is 0 Å². The maximum atomic E-state index is 3.24. The summed E-state index contributed by atoms with van der Waals surface area (Å²) in [5.74, 6) is 0. The van der Waals surface area contributed by atoms with Gasteiger partial charge in [0, 0.05) is 0 Å². The molecular formula is C4H9IN-. The van der Waals surface area contributed by atoms with Crippen molar-refractivity contribution in [2.45, 2.75) is 14.9 Å². The van der Waals surface area contributed by atoms with E-state index in [-0.39, 0.29) is 0 Å². The first kappa shape index (κ1) is 4.84. The average Bonchev–Trinajstić information content (AvgIpc) is 2.19. The Labute approximate surface area is 48.8 Å². The van der Waals surface area contributed by atoms with Crippen LogP contribution in [0.1, 0.15) is 6.92 Å². The minimum atomic E-state index is 0.600. The van der Waals surface area contributed by atoms with Crippen LogP contribution in [-0.4, -0.2) is 15.0 Å². The second kappa shape index (κ2) is 1.66. The molecule has 2 atom stereocenters. The summed E-state index contributed by atoms with van der Waals surface area (Å²) in [5, 5.41) is 3.24. The zero-order valence-electron chi connectivity index (χ0n) is 4.03. The van der Waals surface area contributed by atoms with E-state index in [1.165, 1.54) is 0 Å². The predicted octanol–water partition coefficient (Wildman–Crippen LogP) is -2.98. The SMILES string of the molecule is CNC1[I-]C1C. The summed E-state index contributed by atoms with van der Waals surface area (Å²) in [6.07, 6.45) is 0. The summed E-state index contributed by atoms with van der Waals surface area (Å²) in [7, 11) is 2.05. The third kappa shape index (κ3) is 0.846. The van der Waals surface area contributed by atoms with Crippen LogP contribution in [0.25, 0.3) is 0 Å². The quantitative estimate of drug-likeness (QED) is 0.269. The van der Waals surface area contributed by atoms with Crippen molar-refractivity contribution in [3.8, 4) is 0 Å². The second-order valence-corrected chi connectivity index (χ2v) is 5.52. The van der Waals surface area contributed by atoms with E-state index in [0.29, 0.717) is 21.2 Å². The maximum absolute atomic E-state index is 3.24. The number of alkyl halides is 2. The van der Waals surface area contributed by atoms with Gasteiger partial charge in [-0.3, -0.25) is 0 Å². The molecule has 6 heavy (non-hydrogen) atoms.